The van der Waals surface area contributed by atoms with Gasteiger partial charge in [0.1, 0.15) is 11.5 Å². The molecule has 3 aromatic carbocycles. The summed E-state index contributed by atoms with van der Waals surface area (Å²) < 4.78 is 12.7. The van der Waals surface area contributed by atoms with Gasteiger partial charge in [0.05, 0.1) is 25.6 Å². The fourth-order valence-electron chi connectivity index (χ4n) is 3.06. The van der Waals surface area contributed by atoms with Crippen LogP contribution in [0.25, 0.3) is 16.9 Å². The third-order valence-electron chi connectivity index (χ3n) is 4.68. The van der Waals surface area contributed by atoms with Gasteiger partial charge in [0.25, 0.3) is 0 Å². The molecule has 0 N–H and O–H groups in total. The third-order valence-corrected chi connectivity index (χ3v) is 5.51. The van der Waals surface area contributed by atoms with Gasteiger partial charge in [0.2, 0.25) is 0 Å². The van der Waals surface area contributed by atoms with Crippen LogP contribution in [0.3, 0.4) is 0 Å². The highest BCUT2D eigenvalue weighted by Crippen LogP contribution is 2.26. The normalized spacial score (nSPS) is 11.5. The van der Waals surface area contributed by atoms with Crippen LogP contribution in [0.5, 0.6) is 11.5 Å². The van der Waals surface area contributed by atoms with E-state index in [1.165, 1.54) is 5.56 Å². The number of ether oxygens (including phenoxy) is 2. The lowest BCUT2D eigenvalue weighted by atomic mass is 10.1. The van der Waals surface area contributed by atoms with Gasteiger partial charge in [0.15, 0.2) is 4.80 Å². The summed E-state index contributed by atoms with van der Waals surface area (Å²) in [6.45, 7) is 2.10. The average Bonchev–Trinajstić information content (AvgIpc) is 3.18. The number of hydrogen-bond acceptors (Lipinski definition) is 4. The fraction of sp³-hybridized carbons (Fsp3) is 0.125. The minimum Gasteiger partial charge on any atom is -0.497 e. The third kappa shape index (κ3) is 4.10. The van der Waals surface area contributed by atoms with Crippen LogP contribution in [0.2, 0.25) is 0 Å². The number of aromatic nitrogens is 1. The first kappa shape index (κ1) is 19.0. The molecule has 29 heavy (non-hydrogen) atoms. The van der Waals surface area contributed by atoms with Crippen LogP contribution in [-0.4, -0.2) is 18.8 Å². The van der Waals surface area contributed by atoms with E-state index in [1.54, 1.807) is 25.6 Å². The number of thiazole rings is 1. The molecule has 0 spiro atoms. The molecule has 4 rings (SSSR count). The molecule has 0 aliphatic heterocycles. The molecule has 0 aliphatic rings. The highest BCUT2D eigenvalue weighted by atomic mass is 32.1. The summed E-state index contributed by atoms with van der Waals surface area (Å²) in [5, 5.41) is 2.15. The van der Waals surface area contributed by atoms with Gasteiger partial charge in [-0.15, -0.1) is 11.3 Å². The Morgan fingerprint density at radius 1 is 0.759 bits per heavy atom. The van der Waals surface area contributed by atoms with Crippen LogP contribution >= 0.6 is 11.3 Å². The lowest BCUT2D eigenvalue weighted by molar-refractivity contribution is 0.414. The van der Waals surface area contributed by atoms with Crippen molar-refractivity contribution in [3.05, 3.63) is 88.5 Å². The van der Waals surface area contributed by atoms with E-state index in [4.69, 9.17) is 14.5 Å². The van der Waals surface area contributed by atoms with E-state index < -0.39 is 0 Å². The summed E-state index contributed by atoms with van der Waals surface area (Å²) in [4.78, 5) is 5.79. The molecule has 4 aromatic rings. The molecule has 0 aliphatic carbocycles. The van der Waals surface area contributed by atoms with Crippen molar-refractivity contribution in [2.75, 3.05) is 14.2 Å². The molecule has 0 unspecified atom stereocenters. The summed E-state index contributed by atoms with van der Waals surface area (Å²) in [6.07, 6.45) is 0. The van der Waals surface area contributed by atoms with E-state index in [1.807, 2.05) is 36.4 Å². The maximum atomic E-state index is 5.32. The smallest absolute Gasteiger partial charge is 0.195 e. The summed E-state index contributed by atoms with van der Waals surface area (Å²) in [5.41, 5.74) is 5.41. The number of nitrogens with zero attached hydrogens (tertiary/aromatic N) is 2. The molecular weight excluding hydrogens is 380 g/mol. The average molecular weight is 403 g/mol. The minimum atomic E-state index is 0.818. The first-order valence-corrected chi connectivity index (χ1v) is 10.2. The van der Waals surface area contributed by atoms with Crippen molar-refractivity contribution in [1.29, 1.82) is 0 Å². The molecule has 4 nitrogen and oxygen atoms in total. The Bertz CT molecular complexity index is 1160. The molecule has 0 saturated heterocycles. The standard InChI is InChI=1S/C24H22N2O2S/c1-17-4-6-18(7-5-17)23-16-29-24(25-19-8-12-21(27-2)13-9-19)26(23)20-10-14-22(28-3)15-11-20/h4-16H,1-3H3. The predicted molar refractivity (Wildman–Crippen MR) is 119 cm³/mol. The van der Waals surface area contributed by atoms with Crippen molar-refractivity contribution >= 4 is 17.0 Å². The summed E-state index contributed by atoms with van der Waals surface area (Å²) in [5.74, 6) is 1.65. The molecule has 0 bridgehead atoms. The minimum absolute atomic E-state index is 0.818. The Hall–Kier alpha value is -3.31. The van der Waals surface area contributed by atoms with Gasteiger partial charge in [-0.05, 0) is 61.0 Å². The zero-order chi connectivity index (χ0) is 20.2. The van der Waals surface area contributed by atoms with Crippen molar-refractivity contribution in [3.63, 3.8) is 0 Å². The molecule has 0 radical (unpaired) electrons. The summed E-state index contributed by atoms with van der Waals surface area (Å²) in [6, 6.07) is 24.4. The van der Waals surface area contributed by atoms with Crippen LogP contribution in [0.4, 0.5) is 5.69 Å². The molecule has 1 aromatic heterocycles. The van der Waals surface area contributed by atoms with Gasteiger partial charge >= 0.3 is 0 Å². The van der Waals surface area contributed by atoms with E-state index in [2.05, 4.69) is 53.3 Å². The zero-order valence-electron chi connectivity index (χ0n) is 16.6. The Balaban J connectivity index is 1.88. The number of methoxy groups -OCH3 is 2. The Morgan fingerprint density at radius 3 is 1.93 bits per heavy atom. The Labute approximate surface area is 174 Å². The lowest BCUT2D eigenvalue weighted by Crippen LogP contribution is -2.13. The monoisotopic (exact) mass is 402 g/mol. The highest BCUT2D eigenvalue weighted by Gasteiger charge is 2.11. The predicted octanol–water partition coefficient (Wildman–Crippen LogP) is 5.76. The van der Waals surface area contributed by atoms with E-state index in [0.29, 0.717) is 0 Å². The van der Waals surface area contributed by atoms with Gasteiger partial charge in [-0.25, -0.2) is 4.99 Å². The molecule has 0 fully saturated rings. The van der Waals surface area contributed by atoms with E-state index in [-0.39, 0.29) is 0 Å². The van der Waals surface area contributed by atoms with Crippen LogP contribution in [0.1, 0.15) is 5.56 Å². The van der Waals surface area contributed by atoms with Crippen LogP contribution in [0.15, 0.2) is 83.2 Å². The molecule has 1 heterocycles. The van der Waals surface area contributed by atoms with Gasteiger partial charge in [0, 0.05) is 11.1 Å². The van der Waals surface area contributed by atoms with Crippen molar-refractivity contribution < 1.29 is 9.47 Å². The quantitative estimate of drug-likeness (QED) is 0.425. The van der Waals surface area contributed by atoms with Gasteiger partial charge in [-0.3, -0.25) is 4.57 Å². The maximum absolute atomic E-state index is 5.32. The number of hydrogen-bond donors (Lipinski definition) is 0. The Kier molecular flexibility index (Phi) is 5.49. The zero-order valence-corrected chi connectivity index (χ0v) is 17.4. The molecule has 0 atom stereocenters. The second-order valence-electron chi connectivity index (χ2n) is 6.61. The Morgan fingerprint density at radius 2 is 1.34 bits per heavy atom. The number of rotatable bonds is 5. The van der Waals surface area contributed by atoms with Gasteiger partial charge in [-0.2, -0.15) is 0 Å². The SMILES string of the molecule is COc1ccc(N=c2scc(-c3ccc(C)cc3)n2-c2ccc(OC)cc2)cc1. The van der Waals surface area contributed by atoms with Crippen LogP contribution < -0.4 is 14.3 Å². The van der Waals surface area contributed by atoms with Crippen molar-refractivity contribution in [2.24, 2.45) is 4.99 Å². The first-order valence-electron chi connectivity index (χ1n) is 9.29. The number of benzene rings is 3. The van der Waals surface area contributed by atoms with E-state index in [9.17, 15) is 0 Å². The van der Waals surface area contributed by atoms with E-state index >= 15 is 0 Å². The highest BCUT2D eigenvalue weighted by molar-refractivity contribution is 7.07. The topological polar surface area (TPSA) is 35.8 Å². The fourth-order valence-corrected chi connectivity index (χ4v) is 3.99. The second kappa shape index (κ2) is 8.37. The molecule has 5 heteroatoms. The van der Waals surface area contributed by atoms with Crippen LogP contribution in [-0.2, 0) is 0 Å². The van der Waals surface area contributed by atoms with Crippen molar-refractivity contribution in [3.8, 4) is 28.4 Å². The summed E-state index contributed by atoms with van der Waals surface area (Å²) in [7, 11) is 3.34. The molecular formula is C24H22N2O2S. The van der Waals surface area contributed by atoms with Gasteiger partial charge < -0.3 is 9.47 Å². The molecule has 0 amide bonds. The second-order valence-corrected chi connectivity index (χ2v) is 7.45. The summed E-state index contributed by atoms with van der Waals surface area (Å²) >= 11 is 1.62. The molecule has 0 saturated carbocycles. The largest absolute Gasteiger partial charge is 0.497 e. The first-order chi connectivity index (χ1) is 14.2. The van der Waals surface area contributed by atoms with Crippen molar-refractivity contribution in [2.45, 2.75) is 6.92 Å². The maximum Gasteiger partial charge on any atom is 0.195 e. The van der Waals surface area contributed by atoms with Crippen molar-refractivity contribution in [1.82, 2.24) is 4.57 Å². The van der Waals surface area contributed by atoms with Crippen LogP contribution in [0, 0.1) is 6.92 Å². The van der Waals surface area contributed by atoms with E-state index in [0.717, 1.165) is 38.9 Å². The lowest BCUT2D eigenvalue weighted by Gasteiger charge is -2.10. The number of aryl methyl sites for hydroxylation is 1. The van der Waals surface area contributed by atoms with Gasteiger partial charge in [-0.1, -0.05) is 29.8 Å². The molecule has 146 valence electrons.